The van der Waals surface area contributed by atoms with Crippen LogP contribution in [-0.4, -0.2) is 49.1 Å². The van der Waals surface area contributed by atoms with Crippen LogP contribution in [0.25, 0.3) is 0 Å². The third kappa shape index (κ3) is 4.39. The molecule has 1 aromatic carbocycles. The van der Waals surface area contributed by atoms with Gasteiger partial charge in [0.2, 0.25) is 10.0 Å². The minimum absolute atomic E-state index is 0.0154. The Bertz CT molecular complexity index is 802. The number of hydrogen-bond acceptors (Lipinski definition) is 5. The summed E-state index contributed by atoms with van der Waals surface area (Å²) in [6.07, 6.45) is 1.77. The summed E-state index contributed by atoms with van der Waals surface area (Å²) in [4.78, 5) is 2.31. The van der Waals surface area contributed by atoms with Crippen molar-refractivity contribution in [1.82, 2.24) is 19.4 Å². The van der Waals surface area contributed by atoms with Crippen LogP contribution >= 0.6 is 0 Å². The molecule has 1 aliphatic heterocycles. The first-order valence-electron chi connectivity index (χ1n) is 8.35. The van der Waals surface area contributed by atoms with Gasteiger partial charge in [-0.2, -0.15) is 5.10 Å². The van der Waals surface area contributed by atoms with Crippen molar-refractivity contribution in [3.8, 4) is 5.75 Å². The fourth-order valence-electron chi connectivity index (χ4n) is 3.05. The van der Waals surface area contributed by atoms with Crippen molar-refractivity contribution in [1.29, 1.82) is 0 Å². The molecule has 1 unspecified atom stereocenters. The van der Waals surface area contributed by atoms with E-state index in [0.29, 0.717) is 6.54 Å². The number of nitrogens with one attached hydrogen (secondary N) is 1. The van der Waals surface area contributed by atoms with Crippen LogP contribution < -0.4 is 9.46 Å². The Hall–Kier alpha value is -1.90. The van der Waals surface area contributed by atoms with E-state index in [4.69, 9.17) is 4.74 Å². The largest absolute Gasteiger partial charge is 0.497 e. The van der Waals surface area contributed by atoms with Crippen LogP contribution in [0, 0.1) is 0 Å². The molecule has 0 bridgehead atoms. The van der Waals surface area contributed by atoms with E-state index in [-0.39, 0.29) is 11.8 Å². The first kappa shape index (κ1) is 17.9. The van der Waals surface area contributed by atoms with E-state index in [0.717, 1.165) is 31.1 Å². The minimum Gasteiger partial charge on any atom is -0.497 e. The number of benzene rings is 1. The molecule has 1 aliphatic rings. The standard InChI is InChI=1S/C17H24N4O3S/c1-3-25(22,23)19-10-16-13-20(12-15-8-9-18-21(15)16)11-14-4-6-17(24-2)7-5-14/h4-9,16,19H,3,10-13H2,1-2H3. The molecule has 7 nitrogen and oxygen atoms in total. The predicted molar refractivity (Wildman–Crippen MR) is 95.8 cm³/mol. The molecule has 8 heteroatoms. The maximum absolute atomic E-state index is 11.8. The van der Waals surface area contributed by atoms with Gasteiger partial charge in [0.15, 0.2) is 0 Å². The predicted octanol–water partition coefficient (Wildman–Crippen LogP) is 1.39. The summed E-state index contributed by atoms with van der Waals surface area (Å²) in [5.74, 6) is 0.925. The van der Waals surface area contributed by atoms with Crippen molar-refractivity contribution >= 4 is 10.0 Å². The molecular formula is C17H24N4O3S. The number of methoxy groups -OCH3 is 1. The molecule has 25 heavy (non-hydrogen) atoms. The van der Waals surface area contributed by atoms with Crippen LogP contribution in [0.15, 0.2) is 36.5 Å². The fourth-order valence-corrected chi connectivity index (χ4v) is 3.70. The van der Waals surface area contributed by atoms with Gasteiger partial charge in [-0.25, -0.2) is 13.1 Å². The number of aromatic nitrogens is 2. The normalized spacial score (nSPS) is 18.1. The lowest BCUT2D eigenvalue weighted by Gasteiger charge is -2.34. The first-order chi connectivity index (χ1) is 12.0. The Morgan fingerprint density at radius 2 is 2.04 bits per heavy atom. The summed E-state index contributed by atoms with van der Waals surface area (Å²) in [6, 6.07) is 9.99. The molecular weight excluding hydrogens is 340 g/mol. The second-order valence-electron chi connectivity index (χ2n) is 6.19. The SMILES string of the molecule is CCS(=O)(=O)NCC1CN(Cc2ccc(OC)cc2)Cc2ccnn21. The Labute approximate surface area is 148 Å². The molecule has 1 atom stereocenters. The second kappa shape index (κ2) is 7.55. The van der Waals surface area contributed by atoms with Crippen molar-refractivity contribution in [2.24, 2.45) is 0 Å². The lowest BCUT2D eigenvalue weighted by molar-refractivity contribution is 0.168. The fraction of sp³-hybridized carbons (Fsp3) is 0.471. The Kier molecular flexibility index (Phi) is 5.41. The van der Waals surface area contributed by atoms with E-state index in [1.54, 1.807) is 20.2 Å². The van der Waals surface area contributed by atoms with Gasteiger partial charge in [0.25, 0.3) is 0 Å². The van der Waals surface area contributed by atoms with E-state index in [9.17, 15) is 8.42 Å². The quantitative estimate of drug-likeness (QED) is 0.803. The highest BCUT2D eigenvalue weighted by atomic mass is 32.2. The summed E-state index contributed by atoms with van der Waals surface area (Å²) >= 11 is 0. The maximum Gasteiger partial charge on any atom is 0.211 e. The zero-order valence-corrected chi connectivity index (χ0v) is 15.4. The molecule has 0 radical (unpaired) electrons. The molecule has 0 spiro atoms. The molecule has 3 rings (SSSR count). The van der Waals surface area contributed by atoms with Crippen LogP contribution in [0.4, 0.5) is 0 Å². The van der Waals surface area contributed by atoms with Gasteiger partial charge in [-0.15, -0.1) is 0 Å². The van der Waals surface area contributed by atoms with Gasteiger partial charge in [0.05, 0.1) is 24.6 Å². The summed E-state index contributed by atoms with van der Waals surface area (Å²) in [5.41, 5.74) is 2.29. The van der Waals surface area contributed by atoms with Gasteiger partial charge in [-0.3, -0.25) is 9.58 Å². The Morgan fingerprint density at radius 3 is 2.72 bits per heavy atom. The lowest BCUT2D eigenvalue weighted by atomic mass is 10.1. The van der Waals surface area contributed by atoms with Gasteiger partial charge >= 0.3 is 0 Å². The molecule has 2 aromatic rings. The Balaban J connectivity index is 1.70. The Morgan fingerprint density at radius 1 is 1.28 bits per heavy atom. The van der Waals surface area contributed by atoms with Crippen LogP contribution in [0.1, 0.15) is 24.2 Å². The van der Waals surface area contributed by atoms with Crippen LogP contribution in [0.2, 0.25) is 0 Å². The molecule has 2 heterocycles. The van der Waals surface area contributed by atoms with E-state index in [1.807, 2.05) is 22.9 Å². The monoisotopic (exact) mass is 364 g/mol. The van der Waals surface area contributed by atoms with E-state index in [1.165, 1.54) is 5.56 Å². The number of hydrogen-bond donors (Lipinski definition) is 1. The smallest absolute Gasteiger partial charge is 0.211 e. The van der Waals surface area contributed by atoms with Crippen molar-refractivity contribution in [2.45, 2.75) is 26.1 Å². The summed E-state index contributed by atoms with van der Waals surface area (Å²) in [7, 11) is -1.56. The van der Waals surface area contributed by atoms with Crippen LogP contribution in [0.5, 0.6) is 5.75 Å². The van der Waals surface area contributed by atoms with Gasteiger partial charge in [0.1, 0.15) is 5.75 Å². The second-order valence-corrected chi connectivity index (χ2v) is 8.29. The van der Waals surface area contributed by atoms with Crippen molar-refractivity contribution < 1.29 is 13.2 Å². The first-order valence-corrected chi connectivity index (χ1v) is 10.0. The summed E-state index contributed by atoms with van der Waals surface area (Å²) < 4.78 is 33.3. The van der Waals surface area contributed by atoms with Crippen LogP contribution in [-0.2, 0) is 23.1 Å². The van der Waals surface area contributed by atoms with Crippen molar-refractivity contribution in [2.75, 3.05) is 26.0 Å². The zero-order valence-electron chi connectivity index (χ0n) is 14.6. The van der Waals surface area contributed by atoms with E-state index >= 15 is 0 Å². The summed E-state index contributed by atoms with van der Waals surface area (Å²) in [5, 5.41) is 4.37. The maximum atomic E-state index is 11.8. The highest BCUT2D eigenvalue weighted by Gasteiger charge is 2.26. The number of fused-ring (bicyclic) bond motifs is 1. The average Bonchev–Trinajstić information content (AvgIpc) is 3.09. The van der Waals surface area contributed by atoms with Crippen LogP contribution in [0.3, 0.4) is 0 Å². The average molecular weight is 364 g/mol. The van der Waals surface area contributed by atoms with Gasteiger partial charge in [-0.05, 0) is 30.7 Å². The van der Waals surface area contributed by atoms with Crippen molar-refractivity contribution in [3.63, 3.8) is 0 Å². The highest BCUT2D eigenvalue weighted by Crippen LogP contribution is 2.22. The van der Waals surface area contributed by atoms with Gasteiger partial charge in [-0.1, -0.05) is 12.1 Å². The molecule has 0 amide bonds. The molecule has 0 aliphatic carbocycles. The van der Waals surface area contributed by atoms with Gasteiger partial charge < -0.3 is 4.74 Å². The summed E-state index contributed by atoms with van der Waals surface area (Å²) in [6.45, 7) is 4.32. The number of nitrogens with zero attached hydrogens (tertiary/aromatic N) is 3. The number of sulfonamides is 1. The molecule has 1 N–H and O–H groups in total. The van der Waals surface area contributed by atoms with E-state index in [2.05, 4.69) is 26.9 Å². The molecule has 0 saturated heterocycles. The number of rotatable bonds is 7. The van der Waals surface area contributed by atoms with E-state index < -0.39 is 10.0 Å². The molecule has 0 saturated carbocycles. The minimum atomic E-state index is -3.21. The van der Waals surface area contributed by atoms with Crippen molar-refractivity contribution in [3.05, 3.63) is 47.8 Å². The molecule has 0 fully saturated rings. The highest BCUT2D eigenvalue weighted by molar-refractivity contribution is 7.89. The third-order valence-corrected chi connectivity index (χ3v) is 5.80. The van der Waals surface area contributed by atoms with Gasteiger partial charge in [0, 0.05) is 32.4 Å². The molecule has 1 aromatic heterocycles. The lowest BCUT2D eigenvalue weighted by Crippen LogP contribution is -2.42. The topological polar surface area (TPSA) is 76.5 Å². The zero-order chi connectivity index (χ0) is 17.9. The number of ether oxygens (including phenoxy) is 1. The third-order valence-electron chi connectivity index (χ3n) is 4.44. The molecule has 136 valence electrons.